The lowest BCUT2D eigenvalue weighted by molar-refractivity contribution is 0.416. The van der Waals surface area contributed by atoms with Crippen LogP contribution in [0.25, 0.3) is 22.6 Å². The van der Waals surface area contributed by atoms with Gasteiger partial charge in [0.2, 0.25) is 0 Å². The summed E-state index contributed by atoms with van der Waals surface area (Å²) in [6, 6.07) is 7.60. The predicted octanol–water partition coefficient (Wildman–Crippen LogP) is 2.68. The Morgan fingerprint density at radius 3 is 2.83 bits per heavy atom. The topological polar surface area (TPSA) is 63.7 Å². The number of para-hydroxylation sites is 1. The zero-order chi connectivity index (χ0) is 12.5. The van der Waals surface area contributed by atoms with Gasteiger partial charge in [0, 0.05) is 0 Å². The molecular weight excluding hydrogens is 252 g/mol. The number of aromatic nitrogens is 4. The number of hydrogen-bond acceptors (Lipinski definition) is 4. The van der Waals surface area contributed by atoms with Crippen LogP contribution in [0.2, 0.25) is 5.15 Å². The average Bonchev–Trinajstić information content (AvgIpc) is 2.84. The van der Waals surface area contributed by atoms with E-state index in [1.54, 1.807) is 7.11 Å². The van der Waals surface area contributed by atoms with E-state index in [-0.39, 0.29) is 0 Å². The van der Waals surface area contributed by atoms with Crippen LogP contribution in [0.3, 0.4) is 0 Å². The van der Waals surface area contributed by atoms with Crippen molar-refractivity contribution in [2.45, 2.75) is 0 Å². The van der Waals surface area contributed by atoms with Crippen molar-refractivity contribution >= 4 is 22.8 Å². The largest absolute Gasteiger partial charge is 0.496 e. The van der Waals surface area contributed by atoms with Crippen LogP contribution in [0.15, 0.2) is 30.6 Å². The van der Waals surface area contributed by atoms with Gasteiger partial charge >= 0.3 is 0 Å². The quantitative estimate of drug-likeness (QED) is 0.720. The fourth-order valence-electron chi connectivity index (χ4n) is 1.77. The first-order valence-electron chi connectivity index (χ1n) is 5.29. The maximum absolute atomic E-state index is 5.98. The Balaban J connectivity index is 2.23. The lowest BCUT2D eigenvalue weighted by Gasteiger charge is -2.04. The Kier molecular flexibility index (Phi) is 2.60. The summed E-state index contributed by atoms with van der Waals surface area (Å²) in [5.74, 6) is 1.39. The standard InChI is InChI=1S/C12H9ClN4O/c1-18-8-5-3-2-4-7(8)11-16-9-10(13)14-6-15-12(9)17-11/h2-6H,1H3,(H,14,15,16,17). The van der Waals surface area contributed by atoms with Crippen molar-refractivity contribution < 1.29 is 4.74 Å². The van der Waals surface area contributed by atoms with Gasteiger partial charge in [-0.3, -0.25) is 0 Å². The molecule has 0 unspecified atom stereocenters. The number of hydrogen-bond donors (Lipinski definition) is 1. The third-order valence-electron chi connectivity index (χ3n) is 2.60. The molecule has 0 amide bonds. The summed E-state index contributed by atoms with van der Waals surface area (Å²) in [5.41, 5.74) is 2.02. The number of halogens is 1. The van der Waals surface area contributed by atoms with Crippen molar-refractivity contribution in [2.24, 2.45) is 0 Å². The molecule has 6 heteroatoms. The molecule has 0 spiro atoms. The molecule has 0 radical (unpaired) electrons. The normalized spacial score (nSPS) is 10.8. The molecule has 1 aromatic carbocycles. The minimum Gasteiger partial charge on any atom is -0.496 e. The van der Waals surface area contributed by atoms with E-state index in [1.807, 2.05) is 24.3 Å². The molecule has 0 bridgehead atoms. The fourth-order valence-corrected chi connectivity index (χ4v) is 1.94. The molecule has 0 aliphatic heterocycles. The smallest absolute Gasteiger partial charge is 0.182 e. The number of nitrogens with one attached hydrogen (secondary N) is 1. The number of aromatic amines is 1. The highest BCUT2D eigenvalue weighted by Gasteiger charge is 2.12. The van der Waals surface area contributed by atoms with E-state index in [4.69, 9.17) is 16.3 Å². The predicted molar refractivity (Wildman–Crippen MR) is 68.7 cm³/mol. The van der Waals surface area contributed by atoms with Gasteiger partial charge in [-0.2, -0.15) is 0 Å². The molecule has 1 N–H and O–H groups in total. The molecular formula is C12H9ClN4O. The first-order chi connectivity index (χ1) is 8.79. The first kappa shape index (κ1) is 11.0. The summed E-state index contributed by atoms with van der Waals surface area (Å²) in [5, 5.41) is 0.355. The number of benzene rings is 1. The van der Waals surface area contributed by atoms with Gasteiger partial charge < -0.3 is 9.72 Å². The van der Waals surface area contributed by atoms with Gasteiger partial charge in [-0.15, -0.1) is 0 Å². The third-order valence-corrected chi connectivity index (χ3v) is 2.89. The zero-order valence-corrected chi connectivity index (χ0v) is 10.3. The van der Waals surface area contributed by atoms with Crippen molar-refractivity contribution in [2.75, 3.05) is 7.11 Å². The summed E-state index contributed by atoms with van der Waals surface area (Å²) in [6.07, 6.45) is 1.39. The number of rotatable bonds is 2. The fraction of sp³-hybridized carbons (Fsp3) is 0.0833. The van der Waals surface area contributed by atoms with Crippen molar-refractivity contribution in [3.05, 3.63) is 35.7 Å². The SMILES string of the molecule is COc1ccccc1-c1nc2ncnc(Cl)c2[nH]1. The molecule has 18 heavy (non-hydrogen) atoms. The average molecular weight is 261 g/mol. The van der Waals surface area contributed by atoms with Crippen molar-refractivity contribution in [3.63, 3.8) is 0 Å². The highest BCUT2D eigenvalue weighted by molar-refractivity contribution is 6.33. The monoisotopic (exact) mass is 260 g/mol. The van der Waals surface area contributed by atoms with Gasteiger partial charge in [0.25, 0.3) is 0 Å². The second-order valence-electron chi connectivity index (χ2n) is 3.65. The second kappa shape index (κ2) is 4.27. The van der Waals surface area contributed by atoms with E-state index in [9.17, 15) is 0 Å². The number of ether oxygens (including phenoxy) is 1. The maximum atomic E-state index is 5.98. The van der Waals surface area contributed by atoms with Gasteiger partial charge in [0.1, 0.15) is 23.4 Å². The van der Waals surface area contributed by atoms with Crippen LogP contribution >= 0.6 is 11.6 Å². The molecule has 3 rings (SSSR count). The van der Waals surface area contributed by atoms with Gasteiger partial charge in [-0.25, -0.2) is 15.0 Å². The van der Waals surface area contributed by atoms with Crippen molar-refractivity contribution in [1.82, 2.24) is 19.9 Å². The van der Waals surface area contributed by atoms with Crippen LogP contribution in [0.4, 0.5) is 0 Å². The minimum absolute atomic E-state index is 0.355. The van der Waals surface area contributed by atoms with E-state index in [0.717, 1.165) is 11.3 Å². The molecule has 5 nitrogen and oxygen atoms in total. The molecule has 90 valence electrons. The van der Waals surface area contributed by atoms with E-state index >= 15 is 0 Å². The van der Waals surface area contributed by atoms with Crippen LogP contribution in [0.5, 0.6) is 5.75 Å². The summed E-state index contributed by atoms with van der Waals surface area (Å²) < 4.78 is 5.30. The van der Waals surface area contributed by atoms with Gasteiger partial charge in [-0.1, -0.05) is 23.7 Å². The first-order valence-corrected chi connectivity index (χ1v) is 5.67. The molecule has 0 saturated carbocycles. The molecule has 3 aromatic rings. The molecule has 0 aliphatic carbocycles. The highest BCUT2D eigenvalue weighted by Crippen LogP contribution is 2.29. The van der Waals surface area contributed by atoms with E-state index < -0.39 is 0 Å². The summed E-state index contributed by atoms with van der Waals surface area (Å²) >= 11 is 5.98. The summed E-state index contributed by atoms with van der Waals surface area (Å²) in [4.78, 5) is 15.5. The Bertz CT molecular complexity index is 710. The third kappa shape index (κ3) is 1.69. The molecule has 0 fully saturated rings. The lowest BCUT2D eigenvalue weighted by atomic mass is 10.2. The second-order valence-corrected chi connectivity index (χ2v) is 4.01. The lowest BCUT2D eigenvalue weighted by Crippen LogP contribution is -1.88. The minimum atomic E-state index is 0.355. The Labute approximate surface area is 108 Å². The van der Waals surface area contributed by atoms with Crippen LogP contribution in [0, 0.1) is 0 Å². The van der Waals surface area contributed by atoms with Gasteiger partial charge in [-0.05, 0) is 12.1 Å². The molecule has 0 aliphatic rings. The van der Waals surface area contributed by atoms with Gasteiger partial charge in [0.05, 0.1) is 12.7 Å². The Morgan fingerprint density at radius 2 is 2.06 bits per heavy atom. The molecule has 2 aromatic heterocycles. The molecule has 0 atom stereocenters. The van der Waals surface area contributed by atoms with Crippen molar-refractivity contribution in [3.8, 4) is 17.1 Å². The highest BCUT2D eigenvalue weighted by atomic mass is 35.5. The molecule has 0 saturated heterocycles. The number of H-pyrrole nitrogens is 1. The maximum Gasteiger partial charge on any atom is 0.182 e. The van der Waals surface area contributed by atoms with Gasteiger partial charge in [0.15, 0.2) is 10.8 Å². The molecule has 2 heterocycles. The number of nitrogens with zero attached hydrogens (tertiary/aromatic N) is 3. The Morgan fingerprint density at radius 1 is 1.22 bits per heavy atom. The summed E-state index contributed by atoms with van der Waals surface area (Å²) in [7, 11) is 1.62. The Hall–Kier alpha value is -2.14. The number of methoxy groups -OCH3 is 1. The van der Waals surface area contributed by atoms with Crippen LogP contribution in [-0.4, -0.2) is 27.0 Å². The zero-order valence-electron chi connectivity index (χ0n) is 9.51. The van der Waals surface area contributed by atoms with Crippen molar-refractivity contribution in [1.29, 1.82) is 0 Å². The summed E-state index contributed by atoms with van der Waals surface area (Å²) in [6.45, 7) is 0. The van der Waals surface area contributed by atoms with Crippen LogP contribution in [-0.2, 0) is 0 Å². The number of fused-ring (bicyclic) bond motifs is 1. The van der Waals surface area contributed by atoms with Crippen LogP contribution < -0.4 is 4.74 Å². The van der Waals surface area contributed by atoms with E-state index in [0.29, 0.717) is 22.1 Å². The number of imidazole rings is 1. The van der Waals surface area contributed by atoms with E-state index in [1.165, 1.54) is 6.33 Å². The van der Waals surface area contributed by atoms with E-state index in [2.05, 4.69) is 19.9 Å². The van der Waals surface area contributed by atoms with Crippen LogP contribution in [0.1, 0.15) is 0 Å².